The number of anilines is 1. The van der Waals surface area contributed by atoms with Crippen LogP contribution in [0.5, 0.6) is 0 Å². The van der Waals surface area contributed by atoms with E-state index in [2.05, 4.69) is 15.6 Å². The van der Waals surface area contributed by atoms with Crippen molar-refractivity contribution in [2.45, 2.75) is 37.1 Å². The molecule has 0 saturated heterocycles. The molecule has 3 aromatic rings. The zero-order chi connectivity index (χ0) is 20.8. The molecule has 0 saturated carbocycles. The van der Waals surface area contributed by atoms with Crippen LogP contribution in [0, 0.1) is 0 Å². The van der Waals surface area contributed by atoms with Gasteiger partial charge in [-0.3, -0.25) is 14.6 Å². The first kappa shape index (κ1) is 20.6. The molecule has 2 heterocycles. The molecule has 0 radical (unpaired) electrons. The number of hydrogen-bond donors (Lipinski definition) is 2. The molecule has 7 heteroatoms. The van der Waals surface area contributed by atoms with E-state index in [1.807, 2.05) is 42.5 Å². The van der Waals surface area contributed by atoms with Gasteiger partial charge in [0.25, 0.3) is 5.91 Å². The zero-order valence-electron chi connectivity index (χ0n) is 16.5. The number of carbonyl (C=O) groups excluding carboxylic acids is 2. The Balaban J connectivity index is 1.47. The predicted octanol–water partition coefficient (Wildman–Crippen LogP) is 4.68. The number of aromatic nitrogens is 1. The summed E-state index contributed by atoms with van der Waals surface area (Å²) in [6.07, 6.45) is 7.51. The molecular weight excluding hydrogens is 414 g/mol. The van der Waals surface area contributed by atoms with Crippen LogP contribution in [0.1, 0.15) is 39.2 Å². The molecule has 2 amide bonds. The number of hydrogen-bond acceptors (Lipinski definition) is 5. The van der Waals surface area contributed by atoms with Crippen LogP contribution in [-0.2, 0) is 24.2 Å². The van der Waals surface area contributed by atoms with E-state index in [9.17, 15) is 9.59 Å². The summed E-state index contributed by atoms with van der Waals surface area (Å²) in [5.74, 6) is 0.0802. The van der Waals surface area contributed by atoms with E-state index in [0.29, 0.717) is 22.9 Å². The van der Waals surface area contributed by atoms with Gasteiger partial charge in [-0.25, -0.2) is 0 Å². The van der Waals surface area contributed by atoms with Gasteiger partial charge in [0.15, 0.2) is 0 Å². The second kappa shape index (κ2) is 9.91. The molecule has 1 aromatic carbocycles. The number of nitrogens with zero attached hydrogens (tertiary/aromatic N) is 1. The van der Waals surface area contributed by atoms with Gasteiger partial charge in [-0.2, -0.15) is 0 Å². The van der Waals surface area contributed by atoms with Gasteiger partial charge in [-0.05, 0) is 55.0 Å². The summed E-state index contributed by atoms with van der Waals surface area (Å²) in [5.41, 5.74) is 2.68. The Kier molecular flexibility index (Phi) is 6.81. The van der Waals surface area contributed by atoms with Crippen molar-refractivity contribution < 1.29 is 9.59 Å². The number of pyridine rings is 1. The third-order valence-corrected chi connectivity index (χ3v) is 7.16. The molecule has 0 spiro atoms. The summed E-state index contributed by atoms with van der Waals surface area (Å²) in [6, 6.07) is 13.6. The van der Waals surface area contributed by atoms with Gasteiger partial charge in [-0.15, -0.1) is 23.1 Å². The van der Waals surface area contributed by atoms with Crippen LogP contribution in [0.3, 0.4) is 0 Å². The fraction of sp³-hybridized carbons (Fsp3) is 0.261. The van der Waals surface area contributed by atoms with Gasteiger partial charge < -0.3 is 10.6 Å². The van der Waals surface area contributed by atoms with Crippen LogP contribution in [-0.4, -0.2) is 22.6 Å². The second-order valence-electron chi connectivity index (χ2n) is 7.11. The average molecular weight is 438 g/mol. The number of nitrogens with one attached hydrogen (secondary N) is 2. The Labute approximate surface area is 184 Å². The van der Waals surface area contributed by atoms with Crippen molar-refractivity contribution in [3.05, 3.63) is 76.4 Å². The molecule has 2 N–H and O–H groups in total. The largest absolute Gasteiger partial charge is 0.348 e. The number of amides is 2. The van der Waals surface area contributed by atoms with Crippen LogP contribution in [0.2, 0.25) is 0 Å². The van der Waals surface area contributed by atoms with Crippen molar-refractivity contribution in [3.8, 4) is 0 Å². The number of thioether (sulfide) groups is 1. The fourth-order valence-electron chi connectivity index (χ4n) is 3.50. The minimum absolute atomic E-state index is 0.0937. The highest BCUT2D eigenvalue weighted by atomic mass is 32.2. The van der Waals surface area contributed by atoms with E-state index in [1.165, 1.54) is 16.6 Å². The van der Waals surface area contributed by atoms with E-state index >= 15 is 0 Å². The lowest BCUT2D eigenvalue weighted by molar-refractivity contribution is -0.113. The molecule has 1 aliphatic carbocycles. The van der Waals surface area contributed by atoms with Crippen molar-refractivity contribution in [2.24, 2.45) is 0 Å². The Hall–Kier alpha value is -2.64. The highest BCUT2D eigenvalue weighted by molar-refractivity contribution is 8.00. The first-order chi connectivity index (χ1) is 14.7. The van der Waals surface area contributed by atoms with Crippen molar-refractivity contribution >= 4 is 39.9 Å². The van der Waals surface area contributed by atoms with E-state index in [-0.39, 0.29) is 11.8 Å². The van der Waals surface area contributed by atoms with Crippen LogP contribution in [0.15, 0.2) is 59.8 Å². The number of rotatable bonds is 7. The molecular formula is C23H23N3O2S2. The first-order valence-electron chi connectivity index (χ1n) is 10.00. The van der Waals surface area contributed by atoms with Gasteiger partial charge in [0.2, 0.25) is 5.91 Å². The van der Waals surface area contributed by atoms with Crippen molar-refractivity contribution in [1.29, 1.82) is 0 Å². The van der Waals surface area contributed by atoms with Crippen LogP contribution < -0.4 is 10.6 Å². The smallest absolute Gasteiger partial charge is 0.254 e. The molecule has 1 aliphatic rings. The first-order valence-corrected chi connectivity index (χ1v) is 11.8. The summed E-state index contributed by atoms with van der Waals surface area (Å²) in [5, 5.41) is 6.67. The van der Waals surface area contributed by atoms with Crippen molar-refractivity contribution in [1.82, 2.24) is 10.3 Å². The second-order valence-corrected chi connectivity index (χ2v) is 9.26. The number of thiophene rings is 1. The van der Waals surface area contributed by atoms with E-state index in [4.69, 9.17) is 0 Å². The molecule has 0 fully saturated rings. The summed E-state index contributed by atoms with van der Waals surface area (Å²) >= 11 is 3.04. The summed E-state index contributed by atoms with van der Waals surface area (Å²) in [4.78, 5) is 32.0. The Morgan fingerprint density at radius 1 is 1.07 bits per heavy atom. The highest BCUT2D eigenvalue weighted by Crippen LogP contribution is 2.38. The average Bonchev–Trinajstić information content (AvgIpc) is 3.15. The molecule has 0 unspecified atom stereocenters. The number of fused-ring (bicyclic) bond motifs is 1. The zero-order valence-corrected chi connectivity index (χ0v) is 18.2. The van der Waals surface area contributed by atoms with E-state index in [1.54, 1.807) is 23.7 Å². The van der Waals surface area contributed by atoms with Crippen LogP contribution >= 0.6 is 23.1 Å². The van der Waals surface area contributed by atoms with E-state index in [0.717, 1.165) is 41.7 Å². The molecule has 0 aliphatic heterocycles. The summed E-state index contributed by atoms with van der Waals surface area (Å²) < 4.78 is 0. The van der Waals surface area contributed by atoms with Gasteiger partial charge >= 0.3 is 0 Å². The molecule has 2 aromatic heterocycles. The lowest BCUT2D eigenvalue weighted by Crippen LogP contribution is -2.25. The third-order valence-electron chi connectivity index (χ3n) is 4.94. The number of carbonyl (C=O) groups is 2. The van der Waals surface area contributed by atoms with Gasteiger partial charge in [0, 0.05) is 28.7 Å². The SMILES string of the molecule is O=C(CSc1ccccc1)Nc1sc2c(c1C(=O)NCc1cccnc1)CCCC2. The molecule has 4 rings (SSSR count). The van der Waals surface area contributed by atoms with Crippen molar-refractivity contribution in [2.75, 3.05) is 11.1 Å². The maximum atomic E-state index is 13.1. The van der Waals surface area contributed by atoms with Gasteiger partial charge in [0.05, 0.1) is 11.3 Å². The summed E-state index contributed by atoms with van der Waals surface area (Å²) in [6.45, 7) is 0.411. The predicted molar refractivity (Wildman–Crippen MR) is 122 cm³/mol. The standard InChI is InChI=1S/C23H23N3O2S2/c27-20(15-29-17-8-2-1-3-9-17)26-23-21(18-10-4-5-11-19(18)30-23)22(28)25-14-16-7-6-12-24-13-16/h1-3,6-9,12-13H,4-5,10-11,14-15H2,(H,25,28)(H,26,27). The molecule has 0 bridgehead atoms. The minimum atomic E-state index is -0.135. The number of aryl methyl sites for hydroxylation is 1. The maximum Gasteiger partial charge on any atom is 0.254 e. The third kappa shape index (κ3) is 5.09. The van der Waals surface area contributed by atoms with Gasteiger partial charge in [-0.1, -0.05) is 24.3 Å². The fourth-order valence-corrected chi connectivity index (χ4v) is 5.52. The van der Waals surface area contributed by atoms with Crippen molar-refractivity contribution in [3.63, 3.8) is 0 Å². The molecule has 5 nitrogen and oxygen atoms in total. The molecule has 154 valence electrons. The monoisotopic (exact) mass is 437 g/mol. The van der Waals surface area contributed by atoms with Crippen LogP contribution in [0.25, 0.3) is 0 Å². The number of benzene rings is 1. The minimum Gasteiger partial charge on any atom is -0.348 e. The Morgan fingerprint density at radius 3 is 2.70 bits per heavy atom. The van der Waals surface area contributed by atoms with Crippen LogP contribution in [0.4, 0.5) is 5.00 Å². The van der Waals surface area contributed by atoms with E-state index < -0.39 is 0 Å². The lowest BCUT2D eigenvalue weighted by atomic mass is 9.95. The highest BCUT2D eigenvalue weighted by Gasteiger charge is 2.26. The Bertz CT molecular complexity index is 1020. The summed E-state index contributed by atoms with van der Waals surface area (Å²) in [7, 11) is 0. The quantitative estimate of drug-likeness (QED) is 0.527. The maximum absolute atomic E-state index is 13.1. The van der Waals surface area contributed by atoms with Gasteiger partial charge in [0.1, 0.15) is 5.00 Å². The topological polar surface area (TPSA) is 71.1 Å². The molecule has 30 heavy (non-hydrogen) atoms. The molecule has 0 atom stereocenters. The Morgan fingerprint density at radius 2 is 1.90 bits per heavy atom. The lowest BCUT2D eigenvalue weighted by Gasteiger charge is -2.13. The normalized spacial score (nSPS) is 12.8.